The molecule has 0 unspecified atom stereocenters. The van der Waals surface area contributed by atoms with E-state index < -0.39 is 16.1 Å². The molecule has 0 atom stereocenters. The maximum atomic E-state index is 13.0. The SMILES string of the molecule is O=C(Nc1ccc(Cl)cc1)Nc1ccc2c(c1)N(S(=O)(=O)c1ccccc1)CC2. The Morgan fingerprint density at radius 2 is 1.55 bits per heavy atom. The molecule has 8 heteroatoms. The Morgan fingerprint density at radius 3 is 2.28 bits per heavy atom. The van der Waals surface area contributed by atoms with Gasteiger partial charge in [0.2, 0.25) is 0 Å². The van der Waals surface area contributed by atoms with Crippen molar-refractivity contribution in [2.45, 2.75) is 11.3 Å². The molecule has 2 amide bonds. The molecule has 0 fully saturated rings. The van der Waals surface area contributed by atoms with Gasteiger partial charge in [0.15, 0.2) is 0 Å². The molecule has 1 aliphatic rings. The van der Waals surface area contributed by atoms with Crippen LogP contribution in [-0.2, 0) is 16.4 Å². The van der Waals surface area contributed by atoms with Crippen LogP contribution in [0.5, 0.6) is 0 Å². The van der Waals surface area contributed by atoms with Crippen LogP contribution < -0.4 is 14.9 Å². The highest BCUT2D eigenvalue weighted by molar-refractivity contribution is 7.92. The summed E-state index contributed by atoms with van der Waals surface area (Å²) < 4.78 is 27.4. The minimum Gasteiger partial charge on any atom is -0.308 e. The number of sulfonamides is 1. The van der Waals surface area contributed by atoms with Crippen molar-refractivity contribution in [3.63, 3.8) is 0 Å². The summed E-state index contributed by atoms with van der Waals surface area (Å²) in [6.07, 6.45) is 0.624. The fourth-order valence-electron chi connectivity index (χ4n) is 3.22. The summed E-state index contributed by atoms with van der Waals surface area (Å²) in [5, 5.41) is 6.03. The quantitative estimate of drug-likeness (QED) is 0.631. The van der Waals surface area contributed by atoms with Crippen LogP contribution >= 0.6 is 11.6 Å². The van der Waals surface area contributed by atoms with Crippen LogP contribution in [0.15, 0.2) is 77.7 Å². The van der Waals surface area contributed by atoms with E-state index in [1.165, 1.54) is 4.31 Å². The molecule has 0 aromatic heterocycles. The summed E-state index contributed by atoms with van der Waals surface area (Å²) in [6, 6.07) is 19.9. The minimum absolute atomic E-state index is 0.242. The van der Waals surface area contributed by atoms with Gasteiger partial charge in [0, 0.05) is 22.9 Å². The van der Waals surface area contributed by atoms with Crippen molar-refractivity contribution >= 4 is 44.7 Å². The first kappa shape index (κ1) is 19.3. The minimum atomic E-state index is -3.66. The Labute approximate surface area is 174 Å². The standard InChI is InChI=1S/C21H18ClN3O3S/c22-16-7-10-17(11-8-16)23-21(26)24-18-9-6-15-12-13-25(20(15)14-18)29(27,28)19-4-2-1-3-5-19/h1-11,14H,12-13H2,(H2,23,24,26). The summed E-state index contributed by atoms with van der Waals surface area (Å²) in [5.41, 5.74) is 2.61. The van der Waals surface area contributed by atoms with Crippen LogP contribution in [0.1, 0.15) is 5.56 Å². The van der Waals surface area contributed by atoms with Crippen LogP contribution in [0, 0.1) is 0 Å². The third-order valence-corrected chi connectivity index (χ3v) is 6.71. The first-order valence-corrected chi connectivity index (χ1v) is 10.8. The van der Waals surface area contributed by atoms with E-state index in [1.54, 1.807) is 66.7 Å². The fourth-order valence-corrected chi connectivity index (χ4v) is 4.87. The predicted molar refractivity (Wildman–Crippen MR) is 115 cm³/mol. The smallest absolute Gasteiger partial charge is 0.308 e. The zero-order valence-electron chi connectivity index (χ0n) is 15.3. The molecule has 1 heterocycles. The van der Waals surface area contributed by atoms with E-state index in [-0.39, 0.29) is 4.90 Å². The molecule has 1 aliphatic heterocycles. The van der Waals surface area contributed by atoms with Gasteiger partial charge in [-0.05, 0) is 60.5 Å². The number of amides is 2. The molecule has 0 spiro atoms. The molecule has 3 aromatic carbocycles. The number of hydrogen-bond donors (Lipinski definition) is 2. The Morgan fingerprint density at radius 1 is 0.897 bits per heavy atom. The second kappa shape index (κ2) is 7.77. The van der Waals surface area contributed by atoms with E-state index in [1.807, 2.05) is 6.07 Å². The largest absolute Gasteiger partial charge is 0.323 e. The predicted octanol–water partition coefficient (Wildman–Crippen LogP) is 4.74. The Balaban J connectivity index is 1.54. The number of rotatable bonds is 4. The van der Waals surface area contributed by atoms with Gasteiger partial charge in [0.1, 0.15) is 0 Å². The molecule has 0 saturated heterocycles. The van der Waals surface area contributed by atoms with E-state index in [0.29, 0.717) is 35.1 Å². The third kappa shape index (κ3) is 4.06. The molecule has 0 bridgehead atoms. The highest BCUT2D eigenvalue weighted by atomic mass is 35.5. The maximum absolute atomic E-state index is 13.0. The molecule has 0 radical (unpaired) electrons. The van der Waals surface area contributed by atoms with Crippen molar-refractivity contribution in [2.75, 3.05) is 21.5 Å². The van der Waals surface area contributed by atoms with E-state index in [2.05, 4.69) is 10.6 Å². The highest BCUT2D eigenvalue weighted by Crippen LogP contribution is 2.35. The molecule has 4 rings (SSSR count). The Hall–Kier alpha value is -3.03. The van der Waals surface area contributed by atoms with Crippen molar-refractivity contribution in [3.05, 3.63) is 83.4 Å². The Kier molecular flexibility index (Phi) is 5.17. The number of nitrogens with zero attached hydrogens (tertiary/aromatic N) is 1. The van der Waals surface area contributed by atoms with Crippen LogP contribution in [0.4, 0.5) is 21.9 Å². The van der Waals surface area contributed by atoms with Gasteiger partial charge >= 0.3 is 6.03 Å². The molecule has 3 aromatic rings. The van der Waals surface area contributed by atoms with E-state index >= 15 is 0 Å². The number of hydrogen-bond acceptors (Lipinski definition) is 3. The van der Waals surface area contributed by atoms with Gasteiger partial charge in [-0.2, -0.15) is 0 Å². The number of carbonyl (C=O) groups excluding carboxylic acids is 1. The first-order valence-electron chi connectivity index (χ1n) is 8.98. The summed E-state index contributed by atoms with van der Waals surface area (Å²) in [6.45, 7) is 0.368. The average Bonchev–Trinajstić information content (AvgIpc) is 3.14. The van der Waals surface area contributed by atoms with E-state index in [9.17, 15) is 13.2 Å². The number of urea groups is 1. The summed E-state index contributed by atoms with van der Waals surface area (Å²) in [7, 11) is -3.66. The maximum Gasteiger partial charge on any atom is 0.323 e. The average molecular weight is 428 g/mol. The van der Waals surface area contributed by atoms with Gasteiger partial charge in [0.25, 0.3) is 10.0 Å². The van der Waals surface area contributed by atoms with Crippen molar-refractivity contribution in [2.24, 2.45) is 0 Å². The third-order valence-electron chi connectivity index (χ3n) is 4.63. The van der Waals surface area contributed by atoms with E-state index in [0.717, 1.165) is 5.56 Å². The Bertz CT molecular complexity index is 1150. The summed E-state index contributed by atoms with van der Waals surface area (Å²) >= 11 is 5.84. The lowest BCUT2D eigenvalue weighted by molar-refractivity contribution is 0.262. The second-order valence-corrected chi connectivity index (χ2v) is 8.87. The van der Waals surface area contributed by atoms with Crippen molar-refractivity contribution in [1.29, 1.82) is 0 Å². The zero-order valence-corrected chi connectivity index (χ0v) is 16.9. The fraction of sp³-hybridized carbons (Fsp3) is 0.0952. The molecule has 148 valence electrons. The molecular weight excluding hydrogens is 410 g/mol. The van der Waals surface area contributed by atoms with Crippen molar-refractivity contribution in [3.8, 4) is 0 Å². The number of nitrogens with one attached hydrogen (secondary N) is 2. The second-order valence-electron chi connectivity index (χ2n) is 6.57. The normalized spacial score (nSPS) is 13.1. The van der Waals surface area contributed by atoms with Gasteiger partial charge in [-0.1, -0.05) is 35.9 Å². The van der Waals surface area contributed by atoms with Crippen LogP contribution in [0.3, 0.4) is 0 Å². The molecule has 0 saturated carbocycles. The van der Waals surface area contributed by atoms with Gasteiger partial charge in [-0.3, -0.25) is 4.31 Å². The van der Waals surface area contributed by atoms with Crippen molar-refractivity contribution in [1.82, 2.24) is 0 Å². The van der Waals surface area contributed by atoms with E-state index in [4.69, 9.17) is 11.6 Å². The zero-order chi connectivity index (χ0) is 20.4. The van der Waals surface area contributed by atoms with Gasteiger partial charge in [0.05, 0.1) is 10.6 Å². The number of benzene rings is 3. The monoisotopic (exact) mass is 427 g/mol. The molecule has 2 N–H and O–H groups in total. The van der Waals surface area contributed by atoms with Crippen LogP contribution in [0.25, 0.3) is 0 Å². The molecule has 0 aliphatic carbocycles. The summed E-state index contributed by atoms with van der Waals surface area (Å²) in [5.74, 6) is 0. The molecular formula is C21H18ClN3O3S. The lowest BCUT2D eigenvalue weighted by Crippen LogP contribution is -2.29. The number of anilines is 3. The lowest BCUT2D eigenvalue weighted by Gasteiger charge is -2.20. The van der Waals surface area contributed by atoms with Crippen molar-refractivity contribution < 1.29 is 13.2 Å². The summed E-state index contributed by atoms with van der Waals surface area (Å²) in [4.78, 5) is 12.5. The van der Waals surface area contributed by atoms with Gasteiger partial charge < -0.3 is 10.6 Å². The molecule has 6 nitrogen and oxygen atoms in total. The highest BCUT2D eigenvalue weighted by Gasteiger charge is 2.31. The first-order chi connectivity index (χ1) is 13.9. The number of carbonyl (C=O) groups is 1. The van der Waals surface area contributed by atoms with Crippen LogP contribution in [-0.4, -0.2) is 21.0 Å². The number of fused-ring (bicyclic) bond motifs is 1. The van der Waals surface area contributed by atoms with Gasteiger partial charge in [-0.15, -0.1) is 0 Å². The van der Waals surface area contributed by atoms with Crippen LogP contribution in [0.2, 0.25) is 5.02 Å². The van der Waals surface area contributed by atoms with Gasteiger partial charge in [-0.25, -0.2) is 13.2 Å². The lowest BCUT2D eigenvalue weighted by atomic mass is 10.1. The molecule has 29 heavy (non-hydrogen) atoms. The number of halogens is 1. The topological polar surface area (TPSA) is 78.5 Å².